The third-order valence-electron chi connectivity index (χ3n) is 4.13. The van der Waals surface area contributed by atoms with Crippen LogP contribution in [0.25, 0.3) is 0 Å². The van der Waals surface area contributed by atoms with E-state index in [2.05, 4.69) is 22.4 Å². The smallest absolute Gasteiger partial charge is 0.227 e. The molecule has 24 heavy (non-hydrogen) atoms. The molecule has 1 aliphatic rings. The summed E-state index contributed by atoms with van der Waals surface area (Å²) in [4.78, 5) is 12.4. The minimum absolute atomic E-state index is 0.0254. The van der Waals surface area contributed by atoms with Crippen molar-refractivity contribution in [3.05, 3.63) is 35.9 Å². The molecular weight excluding hydrogens is 308 g/mol. The van der Waals surface area contributed by atoms with E-state index >= 15 is 0 Å². The molecule has 128 valence electrons. The molecule has 0 spiro atoms. The number of benzene rings is 1. The van der Waals surface area contributed by atoms with Crippen molar-refractivity contribution in [2.45, 2.75) is 32.9 Å². The van der Waals surface area contributed by atoms with Gasteiger partial charge in [-0.2, -0.15) is 0 Å². The summed E-state index contributed by atoms with van der Waals surface area (Å²) in [5.41, 5.74) is 1.02. The highest BCUT2D eigenvalue weighted by atomic mass is 16.5. The Morgan fingerprint density at radius 2 is 2.38 bits per heavy atom. The number of carbonyl (C=O) groups excluding carboxylic acids is 1. The van der Waals surface area contributed by atoms with Crippen molar-refractivity contribution in [3.8, 4) is 11.5 Å². The van der Waals surface area contributed by atoms with E-state index in [1.54, 1.807) is 13.4 Å². The van der Waals surface area contributed by atoms with Gasteiger partial charge >= 0.3 is 0 Å². The predicted molar refractivity (Wildman–Crippen MR) is 87.8 cm³/mol. The van der Waals surface area contributed by atoms with Crippen molar-refractivity contribution in [1.29, 1.82) is 0 Å². The van der Waals surface area contributed by atoms with Crippen molar-refractivity contribution >= 4 is 5.91 Å². The molecule has 0 bridgehead atoms. The molecule has 0 radical (unpaired) electrons. The van der Waals surface area contributed by atoms with E-state index in [0.717, 1.165) is 35.9 Å². The highest BCUT2D eigenvalue weighted by Crippen LogP contribution is 2.31. The van der Waals surface area contributed by atoms with Crippen molar-refractivity contribution < 1.29 is 14.3 Å². The van der Waals surface area contributed by atoms with Crippen LogP contribution in [0.1, 0.15) is 24.7 Å². The van der Waals surface area contributed by atoms with E-state index in [9.17, 15) is 4.79 Å². The zero-order valence-electron chi connectivity index (χ0n) is 14.0. The van der Waals surface area contributed by atoms with Gasteiger partial charge in [-0.1, -0.05) is 13.0 Å². The van der Waals surface area contributed by atoms with Crippen LogP contribution in [-0.4, -0.2) is 34.4 Å². The predicted octanol–water partition coefficient (Wildman–Crippen LogP) is 1.56. The number of nitrogens with one attached hydrogen (secondary N) is 1. The van der Waals surface area contributed by atoms with Gasteiger partial charge in [-0.3, -0.25) is 4.79 Å². The Bertz CT molecular complexity index is 714. The van der Waals surface area contributed by atoms with Gasteiger partial charge in [0.25, 0.3) is 0 Å². The maximum absolute atomic E-state index is 12.4. The van der Waals surface area contributed by atoms with Gasteiger partial charge < -0.3 is 19.4 Å². The number of nitrogens with zero attached hydrogens (tertiary/aromatic N) is 3. The third-order valence-corrected chi connectivity index (χ3v) is 4.13. The second kappa shape index (κ2) is 7.33. The first-order valence-corrected chi connectivity index (χ1v) is 8.15. The first-order valence-electron chi connectivity index (χ1n) is 8.15. The first-order chi connectivity index (χ1) is 11.7. The molecule has 1 aromatic carbocycles. The second-order valence-corrected chi connectivity index (χ2v) is 5.84. The van der Waals surface area contributed by atoms with E-state index < -0.39 is 0 Å². The number of aryl methyl sites for hydroxylation is 1. The van der Waals surface area contributed by atoms with E-state index in [0.29, 0.717) is 19.6 Å². The lowest BCUT2D eigenvalue weighted by Gasteiger charge is -2.25. The lowest BCUT2D eigenvalue weighted by atomic mass is 9.96. The van der Waals surface area contributed by atoms with Crippen LogP contribution in [0.4, 0.5) is 0 Å². The summed E-state index contributed by atoms with van der Waals surface area (Å²) in [5.74, 6) is 2.09. The zero-order chi connectivity index (χ0) is 16.9. The molecule has 1 aliphatic heterocycles. The number of hydrogen-bond donors (Lipinski definition) is 1. The average Bonchev–Trinajstić information content (AvgIpc) is 3.06. The fourth-order valence-electron chi connectivity index (χ4n) is 2.80. The number of amides is 1. The van der Waals surface area contributed by atoms with E-state index in [1.165, 1.54) is 0 Å². The summed E-state index contributed by atoms with van der Waals surface area (Å²) in [6.07, 6.45) is 3.35. The zero-order valence-corrected chi connectivity index (χ0v) is 14.0. The molecule has 2 aromatic rings. The van der Waals surface area contributed by atoms with Gasteiger partial charge in [0.2, 0.25) is 5.91 Å². The van der Waals surface area contributed by atoms with Crippen LogP contribution in [0.5, 0.6) is 11.5 Å². The monoisotopic (exact) mass is 330 g/mol. The van der Waals surface area contributed by atoms with Crippen molar-refractivity contribution in [2.24, 2.45) is 5.92 Å². The largest absolute Gasteiger partial charge is 0.497 e. The lowest BCUT2D eigenvalue weighted by Crippen LogP contribution is -2.37. The molecule has 0 unspecified atom stereocenters. The number of fused-ring (bicyclic) bond motifs is 1. The number of aromatic nitrogens is 3. The molecule has 1 aromatic heterocycles. The molecule has 0 fully saturated rings. The normalized spacial score (nSPS) is 16.2. The maximum atomic E-state index is 12.4. The van der Waals surface area contributed by atoms with E-state index in [4.69, 9.17) is 9.47 Å². The maximum Gasteiger partial charge on any atom is 0.227 e. The van der Waals surface area contributed by atoms with Crippen LogP contribution in [0, 0.1) is 5.92 Å². The molecule has 7 heteroatoms. The minimum Gasteiger partial charge on any atom is -0.497 e. The van der Waals surface area contributed by atoms with Crippen molar-refractivity contribution in [3.63, 3.8) is 0 Å². The van der Waals surface area contributed by atoms with Crippen molar-refractivity contribution in [2.75, 3.05) is 13.7 Å². The van der Waals surface area contributed by atoms with Crippen LogP contribution in [0.3, 0.4) is 0 Å². The number of rotatable bonds is 6. The SMILES string of the molecule is CCCn1cnnc1CNC(=O)[C@H]1COc2cc(OC)ccc2C1. The number of hydrogen-bond acceptors (Lipinski definition) is 5. The summed E-state index contributed by atoms with van der Waals surface area (Å²) in [6.45, 7) is 3.69. The highest BCUT2D eigenvalue weighted by molar-refractivity contribution is 5.79. The quantitative estimate of drug-likeness (QED) is 0.870. The van der Waals surface area contributed by atoms with Crippen LogP contribution >= 0.6 is 0 Å². The molecule has 1 N–H and O–H groups in total. The van der Waals surface area contributed by atoms with Crippen LogP contribution in [0.2, 0.25) is 0 Å². The van der Waals surface area contributed by atoms with Gasteiger partial charge in [-0.05, 0) is 24.5 Å². The Hall–Kier alpha value is -2.57. The first kappa shape index (κ1) is 16.3. The third kappa shape index (κ3) is 3.50. The summed E-state index contributed by atoms with van der Waals surface area (Å²) in [7, 11) is 1.62. The van der Waals surface area contributed by atoms with Gasteiger partial charge in [0, 0.05) is 12.6 Å². The second-order valence-electron chi connectivity index (χ2n) is 5.84. The van der Waals surface area contributed by atoms with Crippen LogP contribution in [0.15, 0.2) is 24.5 Å². The Kier molecular flexibility index (Phi) is 4.98. The Labute approximate surface area is 141 Å². The Balaban J connectivity index is 1.59. The van der Waals surface area contributed by atoms with E-state index in [1.807, 2.05) is 22.8 Å². The molecule has 0 saturated carbocycles. The van der Waals surface area contributed by atoms with Gasteiger partial charge in [-0.15, -0.1) is 10.2 Å². The molecule has 0 saturated heterocycles. The van der Waals surface area contributed by atoms with Gasteiger partial charge in [0.1, 0.15) is 24.4 Å². The lowest BCUT2D eigenvalue weighted by molar-refractivity contribution is -0.126. The molecule has 1 atom stereocenters. The molecule has 2 heterocycles. The molecule has 3 rings (SSSR count). The van der Waals surface area contributed by atoms with Gasteiger partial charge in [0.15, 0.2) is 5.82 Å². The standard InChI is InChI=1S/C17H22N4O3/c1-3-6-21-11-19-20-16(21)9-18-17(22)13-7-12-4-5-14(23-2)8-15(12)24-10-13/h4-5,8,11,13H,3,6-7,9-10H2,1-2H3,(H,18,22)/t13-/m1/s1. The van der Waals surface area contributed by atoms with Crippen LogP contribution < -0.4 is 14.8 Å². The minimum atomic E-state index is -0.201. The van der Waals surface area contributed by atoms with E-state index in [-0.39, 0.29) is 11.8 Å². The summed E-state index contributed by atoms with van der Waals surface area (Å²) < 4.78 is 12.9. The topological polar surface area (TPSA) is 78.3 Å². The van der Waals surface area contributed by atoms with Gasteiger partial charge in [0.05, 0.1) is 19.6 Å². The average molecular weight is 330 g/mol. The molecular formula is C17H22N4O3. The molecule has 0 aliphatic carbocycles. The Morgan fingerprint density at radius 1 is 1.50 bits per heavy atom. The summed E-state index contributed by atoms with van der Waals surface area (Å²) in [5, 5.41) is 10.9. The summed E-state index contributed by atoms with van der Waals surface area (Å²) in [6, 6.07) is 5.69. The molecule has 7 nitrogen and oxygen atoms in total. The number of methoxy groups -OCH3 is 1. The van der Waals surface area contributed by atoms with Crippen molar-refractivity contribution in [1.82, 2.24) is 20.1 Å². The highest BCUT2D eigenvalue weighted by Gasteiger charge is 2.26. The Morgan fingerprint density at radius 3 is 3.17 bits per heavy atom. The number of carbonyl (C=O) groups is 1. The fraction of sp³-hybridized carbons (Fsp3) is 0.471. The molecule has 1 amide bonds. The van der Waals surface area contributed by atoms with Gasteiger partial charge in [-0.25, -0.2) is 0 Å². The number of ether oxygens (including phenoxy) is 2. The van der Waals surface area contributed by atoms with Crippen LogP contribution in [-0.2, 0) is 24.3 Å². The fourth-order valence-corrected chi connectivity index (χ4v) is 2.80. The summed E-state index contributed by atoms with van der Waals surface area (Å²) >= 11 is 0.